The van der Waals surface area contributed by atoms with Crippen LogP contribution in [0.2, 0.25) is 0 Å². The number of pyridine rings is 1. The summed E-state index contributed by atoms with van der Waals surface area (Å²) < 4.78 is 11.6. The summed E-state index contributed by atoms with van der Waals surface area (Å²) in [6.07, 6.45) is 1.41. The van der Waals surface area contributed by atoms with Crippen LogP contribution in [-0.4, -0.2) is 47.6 Å². The van der Waals surface area contributed by atoms with Gasteiger partial charge in [0.1, 0.15) is 18.2 Å². The molecule has 2 heterocycles. The largest absolute Gasteiger partial charge is 0.382 e. The van der Waals surface area contributed by atoms with Crippen LogP contribution in [0.3, 0.4) is 0 Å². The lowest BCUT2D eigenvalue weighted by atomic mass is 10.0. The van der Waals surface area contributed by atoms with Crippen molar-refractivity contribution in [3.8, 4) is 11.9 Å². The summed E-state index contributed by atoms with van der Waals surface area (Å²) in [6.45, 7) is 6.61. The molecule has 3 rings (SSSR count). The lowest BCUT2D eigenvalue weighted by Crippen LogP contribution is -2.22. The molecule has 1 aromatic carbocycles. The molecule has 0 fully saturated rings. The van der Waals surface area contributed by atoms with Gasteiger partial charge < -0.3 is 14.8 Å². The molecule has 29 heavy (non-hydrogen) atoms. The maximum Gasteiger partial charge on any atom is 0.251 e. The Morgan fingerprint density at radius 1 is 1.21 bits per heavy atom. The average Bonchev–Trinajstić information content (AvgIpc) is 3.08. The fourth-order valence-electron chi connectivity index (χ4n) is 3.14. The first-order valence-corrected chi connectivity index (χ1v) is 9.18. The van der Waals surface area contributed by atoms with Crippen molar-refractivity contribution in [3.05, 3.63) is 46.6 Å². The van der Waals surface area contributed by atoms with Crippen molar-refractivity contribution < 1.29 is 14.3 Å². The zero-order valence-corrected chi connectivity index (χ0v) is 16.9. The Morgan fingerprint density at radius 3 is 2.72 bits per heavy atom. The standard InChI is InChI=1S/C21H23N5O3/c1-13-7-15(3)20-17(8-13)14(2)9-18(24-20)26-21(16(10-22)11-23-26)25-19(27)12-29-6-5-28-4/h7-9,11H,5-6,12H2,1-4H3,(H,25,27). The summed E-state index contributed by atoms with van der Waals surface area (Å²) in [5.74, 6) is 0.409. The molecule has 0 spiro atoms. The first-order valence-electron chi connectivity index (χ1n) is 9.18. The van der Waals surface area contributed by atoms with Crippen LogP contribution >= 0.6 is 0 Å². The quantitative estimate of drug-likeness (QED) is 0.619. The van der Waals surface area contributed by atoms with E-state index in [0.29, 0.717) is 19.0 Å². The second kappa shape index (κ2) is 8.82. The highest BCUT2D eigenvalue weighted by molar-refractivity contribution is 5.92. The number of anilines is 1. The van der Waals surface area contributed by atoms with Gasteiger partial charge in [-0.3, -0.25) is 4.79 Å². The molecule has 8 heteroatoms. The number of aryl methyl sites for hydroxylation is 3. The summed E-state index contributed by atoms with van der Waals surface area (Å²) in [5, 5.41) is 17.5. The minimum absolute atomic E-state index is 0.151. The number of nitriles is 1. The number of carbonyl (C=O) groups is 1. The maximum absolute atomic E-state index is 12.2. The number of amides is 1. The van der Waals surface area contributed by atoms with E-state index < -0.39 is 0 Å². The Hall–Kier alpha value is -3.28. The predicted molar refractivity (Wildman–Crippen MR) is 109 cm³/mol. The van der Waals surface area contributed by atoms with Crippen LogP contribution in [0, 0.1) is 32.1 Å². The van der Waals surface area contributed by atoms with Gasteiger partial charge in [-0.1, -0.05) is 11.6 Å². The van der Waals surface area contributed by atoms with Crippen LogP contribution in [0.1, 0.15) is 22.3 Å². The highest BCUT2D eigenvalue weighted by atomic mass is 16.5. The third kappa shape index (κ3) is 4.42. The average molecular weight is 393 g/mol. The fourth-order valence-corrected chi connectivity index (χ4v) is 3.14. The van der Waals surface area contributed by atoms with Crippen molar-refractivity contribution in [1.29, 1.82) is 5.26 Å². The van der Waals surface area contributed by atoms with Crippen LogP contribution in [-0.2, 0) is 14.3 Å². The first-order chi connectivity index (χ1) is 13.9. The van der Waals surface area contributed by atoms with Crippen molar-refractivity contribution in [1.82, 2.24) is 14.8 Å². The zero-order chi connectivity index (χ0) is 21.0. The van der Waals surface area contributed by atoms with Gasteiger partial charge >= 0.3 is 0 Å². The number of hydrogen-bond acceptors (Lipinski definition) is 6. The Labute approximate surface area is 169 Å². The number of rotatable bonds is 7. The summed E-state index contributed by atoms with van der Waals surface area (Å²) >= 11 is 0. The molecule has 0 unspecified atom stereocenters. The third-order valence-electron chi connectivity index (χ3n) is 4.47. The Balaban J connectivity index is 1.97. The van der Waals surface area contributed by atoms with E-state index in [-0.39, 0.29) is 23.9 Å². The van der Waals surface area contributed by atoms with E-state index in [0.717, 1.165) is 22.0 Å². The van der Waals surface area contributed by atoms with E-state index in [1.807, 2.05) is 19.9 Å². The second-order valence-corrected chi connectivity index (χ2v) is 6.80. The Kier molecular flexibility index (Phi) is 6.22. The highest BCUT2D eigenvalue weighted by Crippen LogP contribution is 2.26. The molecule has 150 valence electrons. The molecule has 0 radical (unpaired) electrons. The van der Waals surface area contributed by atoms with Gasteiger partial charge in [0.05, 0.1) is 24.9 Å². The van der Waals surface area contributed by atoms with Crippen LogP contribution < -0.4 is 5.32 Å². The monoisotopic (exact) mass is 393 g/mol. The molecule has 0 saturated carbocycles. The summed E-state index contributed by atoms with van der Waals surface area (Å²) in [5.41, 5.74) is 4.36. The number of nitrogens with one attached hydrogen (secondary N) is 1. The van der Waals surface area contributed by atoms with Crippen molar-refractivity contribution in [2.24, 2.45) is 0 Å². The molecule has 2 aromatic heterocycles. The van der Waals surface area contributed by atoms with Crippen molar-refractivity contribution in [3.63, 3.8) is 0 Å². The van der Waals surface area contributed by atoms with Crippen molar-refractivity contribution >= 4 is 22.6 Å². The molecule has 8 nitrogen and oxygen atoms in total. The third-order valence-corrected chi connectivity index (χ3v) is 4.47. The SMILES string of the molecule is COCCOCC(=O)Nc1c(C#N)cnn1-c1cc(C)c2cc(C)cc(C)c2n1. The number of carbonyl (C=O) groups excluding carboxylic acids is 1. The number of fused-ring (bicyclic) bond motifs is 1. The van der Waals surface area contributed by atoms with Gasteiger partial charge in [-0.15, -0.1) is 0 Å². The molecular formula is C21H23N5O3. The molecule has 0 saturated heterocycles. The topological polar surface area (TPSA) is 102 Å². The number of benzene rings is 1. The van der Waals surface area contributed by atoms with E-state index in [1.165, 1.54) is 16.4 Å². The van der Waals surface area contributed by atoms with Crippen molar-refractivity contribution in [2.45, 2.75) is 20.8 Å². The molecule has 0 bridgehead atoms. The summed E-state index contributed by atoms with van der Waals surface area (Å²) in [4.78, 5) is 17.0. The molecule has 0 aliphatic heterocycles. The minimum Gasteiger partial charge on any atom is -0.382 e. The van der Waals surface area contributed by atoms with Gasteiger partial charge in [0.15, 0.2) is 11.6 Å². The van der Waals surface area contributed by atoms with Gasteiger partial charge in [-0.25, -0.2) is 4.98 Å². The summed E-state index contributed by atoms with van der Waals surface area (Å²) in [6, 6.07) is 8.11. The number of hydrogen-bond donors (Lipinski definition) is 1. The molecule has 3 aromatic rings. The predicted octanol–water partition coefficient (Wildman–Crippen LogP) is 2.82. The number of nitrogens with zero attached hydrogens (tertiary/aromatic N) is 4. The maximum atomic E-state index is 12.2. The number of ether oxygens (including phenoxy) is 2. The normalized spacial score (nSPS) is 10.9. The van der Waals surface area contributed by atoms with Gasteiger partial charge in [0.25, 0.3) is 5.91 Å². The van der Waals surface area contributed by atoms with E-state index in [1.54, 1.807) is 7.11 Å². The van der Waals surface area contributed by atoms with Gasteiger partial charge in [-0.05, 0) is 44.0 Å². The van der Waals surface area contributed by atoms with Gasteiger partial charge in [-0.2, -0.15) is 15.0 Å². The Morgan fingerprint density at radius 2 is 2.00 bits per heavy atom. The molecule has 1 N–H and O–H groups in total. The highest BCUT2D eigenvalue weighted by Gasteiger charge is 2.17. The lowest BCUT2D eigenvalue weighted by Gasteiger charge is -2.13. The van der Waals surface area contributed by atoms with Gasteiger partial charge in [0, 0.05) is 12.5 Å². The molecule has 0 atom stereocenters. The zero-order valence-electron chi connectivity index (χ0n) is 16.9. The first kappa shape index (κ1) is 20.5. The number of methoxy groups -OCH3 is 1. The van der Waals surface area contributed by atoms with Crippen LogP contribution in [0.15, 0.2) is 24.4 Å². The van der Waals surface area contributed by atoms with Crippen LogP contribution in [0.4, 0.5) is 5.82 Å². The summed E-state index contributed by atoms with van der Waals surface area (Å²) in [7, 11) is 1.56. The molecule has 1 amide bonds. The lowest BCUT2D eigenvalue weighted by molar-refractivity contribution is -0.121. The second-order valence-electron chi connectivity index (χ2n) is 6.80. The molecular weight excluding hydrogens is 370 g/mol. The van der Waals surface area contributed by atoms with Crippen LogP contribution in [0.25, 0.3) is 16.7 Å². The molecule has 0 aliphatic rings. The molecule has 0 aliphatic carbocycles. The van der Waals surface area contributed by atoms with Gasteiger partial charge in [0.2, 0.25) is 0 Å². The van der Waals surface area contributed by atoms with E-state index in [9.17, 15) is 10.1 Å². The van der Waals surface area contributed by atoms with Crippen molar-refractivity contribution in [2.75, 3.05) is 32.2 Å². The van der Waals surface area contributed by atoms with E-state index in [2.05, 4.69) is 35.5 Å². The Bertz CT molecular complexity index is 1100. The van der Waals surface area contributed by atoms with Crippen LogP contribution in [0.5, 0.6) is 0 Å². The minimum atomic E-state index is -0.385. The number of aromatic nitrogens is 3. The van der Waals surface area contributed by atoms with E-state index in [4.69, 9.17) is 14.5 Å². The smallest absolute Gasteiger partial charge is 0.251 e. The fraction of sp³-hybridized carbons (Fsp3) is 0.333. The van der Waals surface area contributed by atoms with E-state index >= 15 is 0 Å².